The lowest BCUT2D eigenvalue weighted by atomic mass is 9.80. The lowest BCUT2D eigenvalue weighted by molar-refractivity contribution is -0.135. The summed E-state index contributed by atoms with van der Waals surface area (Å²) in [6.07, 6.45) is 2.30. The number of benzene rings is 2. The topological polar surface area (TPSA) is 109 Å². The van der Waals surface area contributed by atoms with E-state index in [0.29, 0.717) is 12.1 Å². The van der Waals surface area contributed by atoms with Crippen molar-refractivity contribution in [1.29, 1.82) is 5.26 Å². The Bertz CT molecular complexity index is 1600. The van der Waals surface area contributed by atoms with Crippen LogP contribution in [0.2, 0.25) is 0 Å². The van der Waals surface area contributed by atoms with E-state index in [9.17, 15) is 28.4 Å². The average molecular weight is 546 g/mol. The first kappa shape index (κ1) is 27.1. The first-order chi connectivity index (χ1) is 19.1. The molecule has 0 radical (unpaired) electrons. The summed E-state index contributed by atoms with van der Waals surface area (Å²) in [6.45, 7) is 5.62. The second-order valence-electron chi connectivity index (χ2n) is 10.6. The number of nitrogens with one attached hydrogen (secondary N) is 2. The number of H-pyrrole nitrogens is 1. The van der Waals surface area contributed by atoms with Gasteiger partial charge in [0.2, 0.25) is 5.91 Å². The highest BCUT2D eigenvalue weighted by molar-refractivity contribution is 6.07. The van der Waals surface area contributed by atoms with E-state index in [2.05, 4.69) is 16.4 Å². The predicted octanol–water partition coefficient (Wildman–Crippen LogP) is 4.65. The molecule has 3 atom stereocenters. The molecule has 10 heteroatoms. The average Bonchev–Trinajstić information content (AvgIpc) is 3.60. The zero-order chi connectivity index (χ0) is 28.8. The number of nitriles is 1. The van der Waals surface area contributed by atoms with Gasteiger partial charge in [0.1, 0.15) is 29.4 Å². The summed E-state index contributed by atoms with van der Waals surface area (Å²) in [5.74, 6) is -2.91. The highest BCUT2D eigenvalue weighted by atomic mass is 19.1. The molecular formula is C30H29F2N5O3. The second-order valence-corrected chi connectivity index (χ2v) is 10.6. The van der Waals surface area contributed by atoms with Gasteiger partial charge in [0.25, 0.3) is 11.8 Å². The standard InChI is InChI=1S/C30H29F2N5O3/c1-4-9-36(27(38)25-13-20-22(32)11-18(31)12-24(20)34-25)26(10-17(2)3)28(39)37-16-30(14-19(37)15-33)21-7-5-6-8-23(21)35-29(30)40/h5-8,10-13,19,26,34H,4,9,14,16H2,1-3H3,(H,35,40)/t19-,26-,30-/m0/s1. The number of fused-ring (bicyclic) bond motifs is 3. The third kappa shape index (κ3) is 4.41. The van der Waals surface area contributed by atoms with Crippen LogP contribution in [0.3, 0.4) is 0 Å². The molecule has 2 N–H and O–H groups in total. The van der Waals surface area contributed by atoms with E-state index in [-0.39, 0.29) is 42.0 Å². The molecule has 1 spiro atoms. The van der Waals surface area contributed by atoms with Gasteiger partial charge in [0.05, 0.1) is 17.0 Å². The van der Waals surface area contributed by atoms with E-state index in [0.717, 1.165) is 23.3 Å². The van der Waals surface area contributed by atoms with Crippen LogP contribution in [0.5, 0.6) is 0 Å². The molecule has 1 fully saturated rings. The lowest BCUT2D eigenvalue weighted by Crippen LogP contribution is -2.52. The van der Waals surface area contributed by atoms with E-state index in [1.807, 2.05) is 19.1 Å². The first-order valence-electron chi connectivity index (χ1n) is 13.1. The maximum absolute atomic E-state index is 14.4. The fraction of sp³-hybridized carbons (Fsp3) is 0.333. The van der Waals surface area contributed by atoms with E-state index < -0.39 is 40.9 Å². The number of carbonyl (C=O) groups excluding carboxylic acids is 3. The van der Waals surface area contributed by atoms with Crippen LogP contribution in [0.15, 0.2) is 54.1 Å². The summed E-state index contributed by atoms with van der Waals surface area (Å²) in [7, 11) is 0. The molecule has 0 unspecified atom stereocenters. The predicted molar refractivity (Wildman–Crippen MR) is 145 cm³/mol. The molecule has 2 aliphatic heterocycles. The maximum Gasteiger partial charge on any atom is 0.271 e. The van der Waals surface area contributed by atoms with Crippen LogP contribution in [0.25, 0.3) is 10.9 Å². The Morgan fingerprint density at radius 3 is 2.70 bits per heavy atom. The fourth-order valence-electron chi connectivity index (χ4n) is 5.80. The van der Waals surface area contributed by atoms with E-state index in [1.165, 1.54) is 15.9 Å². The van der Waals surface area contributed by atoms with Gasteiger partial charge in [-0.2, -0.15) is 5.26 Å². The molecular weight excluding hydrogens is 516 g/mol. The number of aromatic amines is 1. The minimum absolute atomic E-state index is 0.00623. The number of hydrogen-bond donors (Lipinski definition) is 2. The minimum atomic E-state index is -1.09. The molecule has 3 amide bonds. The quantitative estimate of drug-likeness (QED) is 0.440. The lowest BCUT2D eigenvalue weighted by Gasteiger charge is -2.33. The van der Waals surface area contributed by atoms with Crippen LogP contribution < -0.4 is 5.32 Å². The van der Waals surface area contributed by atoms with Gasteiger partial charge in [-0.15, -0.1) is 0 Å². The zero-order valence-corrected chi connectivity index (χ0v) is 22.4. The van der Waals surface area contributed by atoms with E-state index in [1.54, 1.807) is 32.1 Å². The van der Waals surface area contributed by atoms with Crippen LogP contribution in [-0.4, -0.2) is 57.7 Å². The monoisotopic (exact) mass is 545 g/mol. The maximum atomic E-state index is 14.4. The number of carbonyl (C=O) groups is 3. The molecule has 1 saturated heterocycles. The third-order valence-electron chi connectivity index (χ3n) is 7.60. The Morgan fingerprint density at radius 2 is 2.00 bits per heavy atom. The van der Waals surface area contributed by atoms with Crippen LogP contribution in [0, 0.1) is 23.0 Å². The number of allylic oxidation sites excluding steroid dienone is 1. The molecule has 3 heterocycles. The molecule has 8 nitrogen and oxygen atoms in total. The molecule has 1 aromatic heterocycles. The van der Waals surface area contributed by atoms with Gasteiger partial charge < -0.3 is 20.1 Å². The van der Waals surface area contributed by atoms with Crippen molar-refractivity contribution >= 4 is 34.3 Å². The van der Waals surface area contributed by atoms with Gasteiger partial charge in [-0.05, 0) is 44.0 Å². The van der Waals surface area contributed by atoms with Gasteiger partial charge >= 0.3 is 0 Å². The minimum Gasteiger partial charge on any atom is -0.350 e. The van der Waals surface area contributed by atoms with Crippen molar-refractivity contribution < 1.29 is 23.2 Å². The Morgan fingerprint density at radius 1 is 1.25 bits per heavy atom. The molecule has 206 valence electrons. The number of likely N-dealkylation sites (tertiary alicyclic amines) is 1. The van der Waals surface area contributed by atoms with Gasteiger partial charge in [0.15, 0.2) is 0 Å². The summed E-state index contributed by atoms with van der Waals surface area (Å²) < 4.78 is 28.2. The number of nitrogens with zero attached hydrogens (tertiary/aromatic N) is 3. The number of amides is 3. The van der Waals surface area contributed by atoms with E-state index >= 15 is 0 Å². The number of rotatable bonds is 6. The van der Waals surface area contributed by atoms with Crippen molar-refractivity contribution in [3.63, 3.8) is 0 Å². The van der Waals surface area contributed by atoms with Gasteiger partial charge in [-0.1, -0.05) is 36.8 Å². The number of aromatic nitrogens is 1. The van der Waals surface area contributed by atoms with Crippen molar-refractivity contribution in [2.75, 3.05) is 18.4 Å². The highest BCUT2D eigenvalue weighted by Crippen LogP contribution is 2.46. The molecule has 40 heavy (non-hydrogen) atoms. The fourth-order valence-corrected chi connectivity index (χ4v) is 5.80. The molecule has 3 aromatic rings. The molecule has 0 aliphatic carbocycles. The molecule has 2 aliphatic rings. The molecule has 2 aromatic carbocycles. The Labute approximate surface area is 230 Å². The largest absolute Gasteiger partial charge is 0.350 e. The SMILES string of the molecule is CCCN(C(=O)c1cc2c(F)cc(F)cc2[nH]1)[C@@H](C=C(C)C)C(=O)N1C[C@]2(C[C@H]1C#N)C(=O)Nc1ccccc12. The summed E-state index contributed by atoms with van der Waals surface area (Å²) in [5.41, 5.74) is 1.22. The summed E-state index contributed by atoms with van der Waals surface area (Å²) in [5, 5.41) is 13.0. The third-order valence-corrected chi connectivity index (χ3v) is 7.60. The second kappa shape index (κ2) is 10.2. The molecule has 0 saturated carbocycles. The van der Waals surface area contributed by atoms with E-state index in [4.69, 9.17) is 0 Å². The summed E-state index contributed by atoms with van der Waals surface area (Å²) in [4.78, 5) is 46.8. The summed E-state index contributed by atoms with van der Waals surface area (Å²) >= 11 is 0. The number of para-hydroxylation sites is 1. The summed E-state index contributed by atoms with van der Waals surface area (Å²) in [6, 6.07) is 10.6. The van der Waals surface area contributed by atoms with Crippen LogP contribution in [0.4, 0.5) is 14.5 Å². The van der Waals surface area contributed by atoms with Crippen LogP contribution in [-0.2, 0) is 15.0 Å². The van der Waals surface area contributed by atoms with Gasteiger partial charge in [0, 0.05) is 36.7 Å². The van der Waals surface area contributed by atoms with Gasteiger partial charge in [-0.3, -0.25) is 14.4 Å². The van der Waals surface area contributed by atoms with Crippen LogP contribution in [0.1, 0.15) is 49.7 Å². The number of hydrogen-bond acceptors (Lipinski definition) is 4. The van der Waals surface area contributed by atoms with Crippen molar-refractivity contribution in [2.45, 2.75) is 51.1 Å². The number of anilines is 1. The molecule has 0 bridgehead atoms. The van der Waals surface area contributed by atoms with Crippen molar-refractivity contribution in [1.82, 2.24) is 14.8 Å². The Hall–Kier alpha value is -4.52. The van der Waals surface area contributed by atoms with Crippen molar-refractivity contribution in [2.24, 2.45) is 0 Å². The Kier molecular flexibility index (Phi) is 6.92. The Balaban J connectivity index is 1.53. The first-order valence-corrected chi connectivity index (χ1v) is 13.1. The van der Waals surface area contributed by atoms with Crippen molar-refractivity contribution in [3.8, 4) is 6.07 Å². The van der Waals surface area contributed by atoms with Gasteiger partial charge in [-0.25, -0.2) is 8.78 Å². The molecule has 5 rings (SSSR count). The van der Waals surface area contributed by atoms with Crippen molar-refractivity contribution in [3.05, 3.63) is 77.0 Å². The number of halogens is 2. The smallest absolute Gasteiger partial charge is 0.271 e. The highest BCUT2D eigenvalue weighted by Gasteiger charge is 2.56. The normalized spacial score (nSPS) is 20.2. The zero-order valence-electron chi connectivity index (χ0n) is 22.4. The van der Waals surface area contributed by atoms with Crippen LogP contribution >= 0.6 is 0 Å².